The van der Waals surface area contributed by atoms with Crippen molar-refractivity contribution in [2.24, 2.45) is 5.41 Å². The molecule has 0 spiro atoms. The minimum atomic E-state index is -0.00851. The Kier molecular flexibility index (Phi) is 5.92. The Balaban J connectivity index is 2.11. The number of methoxy groups -OCH3 is 1. The van der Waals surface area contributed by atoms with Crippen molar-refractivity contribution in [1.29, 1.82) is 0 Å². The zero-order valence-corrected chi connectivity index (χ0v) is 11.3. The maximum Gasteiger partial charge on any atom is 0.246 e. The van der Waals surface area contributed by atoms with Gasteiger partial charge in [0.05, 0.1) is 13.2 Å². The Morgan fingerprint density at radius 1 is 1.29 bits per heavy atom. The highest BCUT2D eigenvalue weighted by Crippen LogP contribution is 2.34. The fourth-order valence-electron chi connectivity index (χ4n) is 2.12. The first-order chi connectivity index (χ1) is 8.03. The summed E-state index contributed by atoms with van der Waals surface area (Å²) in [6.07, 6.45) is 4.53. The van der Waals surface area contributed by atoms with E-state index in [1.54, 1.807) is 7.11 Å². The van der Waals surface area contributed by atoms with E-state index in [2.05, 4.69) is 19.2 Å². The minimum absolute atomic E-state index is 0.00851. The van der Waals surface area contributed by atoms with Crippen LogP contribution in [0, 0.1) is 5.41 Å². The van der Waals surface area contributed by atoms with Crippen LogP contribution in [-0.2, 0) is 14.3 Å². The van der Waals surface area contributed by atoms with E-state index in [9.17, 15) is 4.79 Å². The van der Waals surface area contributed by atoms with E-state index >= 15 is 0 Å². The summed E-state index contributed by atoms with van der Waals surface area (Å²) >= 11 is 0. The van der Waals surface area contributed by atoms with Gasteiger partial charge in [-0.3, -0.25) is 4.79 Å². The summed E-state index contributed by atoms with van der Waals surface area (Å²) in [7, 11) is 1.62. The lowest BCUT2D eigenvalue weighted by Crippen LogP contribution is -2.41. The molecule has 1 rings (SSSR count). The van der Waals surface area contributed by atoms with Crippen LogP contribution in [0.1, 0.15) is 39.5 Å². The molecular weight excluding hydrogens is 218 g/mol. The molecule has 1 amide bonds. The van der Waals surface area contributed by atoms with Crippen molar-refractivity contribution in [2.45, 2.75) is 45.6 Å². The monoisotopic (exact) mass is 243 g/mol. The van der Waals surface area contributed by atoms with Crippen LogP contribution in [0.3, 0.4) is 0 Å². The molecular formula is C13H25NO3. The van der Waals surface area contributed by atoms with Crippen LogP contribution in [0.15, 0.2) is 0 Å². The highest BCUT2D eigenvalue weighted by molar-refractivity contribution is 5.77. The Morgan fingerprint density at radius 3 is 2.53 bits per heavy atom. The number of amides is 1. The third-order valence-corrected chi connectivity index (χ3v) is 3.37. The lowest BCUT2D eigenvalue weighted by Gasteiger charge is -2.34. The standard InChI is InChI=1S/C13H25NO3/c1-13(2)6-4-11(5-7-13)14-12(15)10-17-9-8-16-3/h11H,4-10H2,1-3H3,(H,14,15). The first-order valence-corrected chi connectivity index (χ1v) is 6.39. The van der Waals surface area contributed by atoms with Gasteiger partial charge < -0.3 is 14.8 Å². The molecule has 1 aliphatic carbocycles. The van der Waals surface area contributed by atoms with Gasteiger partial charge >= 0.3 is 0 Å². The van der Waals surface area contributed by atoms with E-state index in [0.29, 0.717) is 24.7 Å². The van der Waals surface area contributed by atoms with Gasteiger partial charge in [-0.15, -0.1) is 0 Å². The van der Waals surface area contributed by atoms with E-state index in [-0.39, 0.29) is 12.5 Å². The fourth-order valence-corrected chi connectivity index (χ4v) is 2.12. The van der Waals surface area contributed by atoms with E-state index in [1.807, 2.05) is 0 Å². The number of ether oxygens (including phenoxy) is 2. The molecule has 0 heterocycles. The molecule has 0 unspecified atom stereocenters. The van der Waals surface area contributed by atoms with E-state index < -0.39 is 0 Å². The van der Waals surface area contributed by atoms with Crippen molar-refractivity contribution >= 4 is 5.91 Å². The molecule has 0 aromatic heterocycles. The summed E-state index contributed by atoms with van der Waals surface area (Å²) < 4.78 is 10.0. The Bertz CT molecular complexity index is 231. The molecule has 0 saturated heterocycles. The van der Waals surface area contributed by atoms with Gasteiger partial charge in [0.15, 0.2) is 0 Å². The van der Waals surface area contributed by atoms with Crippen molar-refractivity contribution in [3.8, 4) is 0 Å². The molecule has 4 nitrogen and oxygen atoms in total. The summed E-state index contributed by atoms with van der Waals surface area (Å²) in [6, 6.07) is 0.335. The molecule has 100 valence electrons. The van der Waals surface area contributed by atoms with Crippen LogP contribution < -0.4 is 5.32 Å². The van der Waals surface area contributed by atoms with Gasteiger partial charge in [-0.05, 0) is 31.1 Å². The number of carbonyl (C=O) groups excluding carboxylic acids is 1. The predicted octanol–water partition coefficient (Wildman–Crippen LogP) is 1.73. The van der Waals surface area contributed by atoms with Crippen molar-refractivity contribution in [2.75, 3.05) is 26.9 Å². The van der Waals surface area contributed by atoms with E-state index in [1.165, 1.54) is 12.8 Å². The molecule has 1 fully saturated rings. The zero-order valence-electron chi connectivity index (χ0n) is 11.3. The third-order valence-electron chi connectivity index (χ3n) is 3.37. The number of hydrogen-bond donors (Lipinski definition) is 1. The number of rotatable bonds is 6. The minimum Gasteiger partial charge on any atom is -0.382 e. The van der Waals surface area contributed by atoms with Gasteiger partial charge in [0.2, 0.25) is 5.91 Å². The summed E-state index contributed by atoms with van der Waals surface area (Å²) in [6.45, 7) is 5.73. The maximum atomic E-state index is 11.6. The molecule has 0 aliphatic heterocycles. The molecule has 0 atom stereocenters. The van der Waals surface area contributed by atoms with Gasteiger partial charge in [0.1, 0.15) is 6.61 Å². The van der Waals surface area contributed by atoms with Crippen LogP contribution >= 0.6 is 0 Å². The van der Waals surface area contributed by atoms with Crippen molar-refractivity contribution in [1.82, 2.24) is 5.32 Å². The fraction of sp³-hybridized carbons (Fsp3) is 0.923. The van der Waals surface area contributed by atoms with Crippen LogP contribution in [0.25, 0.3) is 0 Å². The van der Waals surface area contributed by atoms with Crippen molar-refractivity contribution < 1.29 is 14.3 Å². The predicted molar refractivity (Wildman–Crippen MR) is 66.9 cm³/mol. The Labute approximate surface area is 104 Å². The lowest BCUT2D eigenvalue weighted by atomic mass is 9.75. The van der Waals surface area contributed by atoms with Gasteiger partial charge in [-0.1, -0.05) is 13.8 Å². The zero-order chi connectivity index (χ0) is 12.7. The Hall–Kier alpha value is -0.610. The molecule has 17 heavy (non-hydrogen) atoms. The van der Waals surface area contributed by atoms with E-state index in [4.69, 9.17) is 9.47 Å². The summed E-state index contributed by atoms with van der Waals surface area (Å²) in [4.78, 5) is 11.6. The van der Waals surface area contributed by atoms with Crippen LogP contribution in [0.4, 0.5) is 0 Å². The number of hydrogen-bond acceptors (Lipinski definition) is 3. The topological polar surface area (TPSA) is 47.6 Å². The summed E-state index contributed by atoms with van der Waals surface area (Å²) in [5, 5.41) is 3.03. The first kappa shape index (κ1) is 14.5. The SMILES string of the molecule is COCCOCC(=O)NC1CCC(C)(C)CC1. The average molecular weight is 243 g/mol. The highest BCUT2D eigenvalue weighted by Gasteiger charge is 2.27. The summed E-state index contributed by atoms with van der Waals surface area (Å²) in [5.74, 6) is -0.00851. The molecule has 0 aromatic rings. The van der Waals surface area contributed by atoms with Crippen LogP contribution in [-0.4, -0.2) is 38.9 Å². The van der Waals surface area contributed by atoms with Crippen LogP contribution in [0.5, 0.6) is 0 Å². The highest BCUT2D eigenvalue weighted by atomic mass is 16.5. The van der Waals surface area contributed by atoms with Crippen molar-refractivity contribution in [3.63, 3.8) is 0 Å². The molecule has 0 radical (unpaired) electrons. The summed E-state index contributed by atoms with van der Waals surface area (Å²) in [5.41, 5.74) is 0.441. The second-order valence-electron chi connectivity index (χ2n) is 5.55. The van der Waals surface area contributed by atoms with Gasteiger partial charge in [0, 0.05) is 13.2 Å². The molecule has 1 saturated carbocycles. The number of nitrogens with one attached hydrogen (secondary N) is 1. The molecule has 0 bridgehead atoms. The third kappa shape index (κ3) is 6.03. The smallest absolute Gasteiger partial charge is 0.246 e. The first-order valence-electron chi connectivity index (χ1n) is 6.39. The van der Waals surface area contributed by atoms with Crippen molar-refractivity contribution in [3.05, 3.63) is 0 Å². The van der Waals surface area contributed by atoms with E-state index in [0.717, 1.165) is 12.8 Å². The average Bonchev–Trinajstić information content (AvgIpc) is 2.28. The molecule has 1 N–H and O–H groups in total. The normalized spacial score (nSPS) is 20.2. The van der Waals surface area contributed by atoms with Gasteiger partial charge in [0.25, 0.3) is 0 Å². The molecule has 0 aromatic carbocycles. The second kappa shape index (κ2) is 6.97. The molecule has 4 heteroatoms. The maximum absolute atomic E-state index is 11.6. The molecule has 1 aliphatic rings. The number of carbonyl (C=O) groups is 1. The quantitative estimate of drug-likeness (QED) is 0.723. The second-order valence-corrected chi connectivity index (χ2v) is 5.55. The Morgan fingerprint density at radius 2 is 1.94 bits per heavy atom. The van der Waals surface area contributed by atoms with Gasteiger partial charge in [-0.2, -0.15) is 0 Å². The largest absolute Gasteiger partial charge is 0.382 e. The van der Waals surface area contributed by atoms with Crippen LogP contribution in [0.2, 0.25) is 0 Å². The van der Waals surface area contributed by atoms with Gasteiger partial charge in [-0.25, -0.2) is 0 Å². The lowest BCUT2D eigenvalue weighted by molar-refractivity contribution is -0.127.